The Hall–Kier alpha value is -2.82. The lowest BCUT2D eigenvalue weighted by molar-refractivity contribution is -0.116. The summed E-state index contributed by atoms with van der Waals surface area (Å²) in [6.07, 6.45) is 0.676. The van der Waals surface area contributed by atoms with Crippen molar-refractivity contribution < 1.29 is 13.2 Å². The standard InChI is InChI=1S/C23H27N5O3S2/c1-5-28(6-2)33(30,31)16-10-11-18-17(14-16)24-20(27(18)4)12-13-21(29)25-23-26-22-15(3)8-7-9-19(22)32-23/h7-11,14H,5-6,12-13H2,1-4H3,(H,25,26,29). The van der Waals surface area contributed by atoms with Crippen LogP contribution in [0, 0.1) is 6.92 Å². The summed E-state index contributed by atoms with van der Waals surface area (Å²) in [5, 5.41) is 3.47. The number of thiazole rings is 1. The molecule has 8 nitrogen and oxygen atoms in total. The van der Waals surface area contributed by atoms with Crippen LogP contribution in [-0.4, -0.2) is 46.3 Å². The number of carbonyl (C=O) groups is 1. The Morgan fingerprint density at radius 3 is 2.61 bits per heavy atom. The molecule has 174 valence electrons. The van der Waals surface area contributed by atoms with Gasteiger partial charge >= 0.3 is 0 Å². The number of amides is 1. The summed E-state index contributed by atoms with van der Waals surface area (Å²) < 4.78 is 30.0. The number of para-hydroxylation sites is 1. The fourth-order valence-corrected chi connectivity index (χ4v) is 6.31. The largest absolute Gasteiger partial charge is 0.331 e. The second-order valence-electron chi connectivity index (χ2n) is 7.82. The second kappa shape index (κ2) is 9.20. The van der Waals surface area contributed by atoms with Gasteiger partial charge in [-0.15, -0.1) is 0 Å². The average molecular weight is 486 g/mol. The van der Waals surface area contributed by atoms with Gasteiger partial charge < -0.3 is 9.88 Å². The van der Waals surface area contributed by atoms with Crippen LogP contribution in [0.2, 0.25) is 0 Å². The highest BCUT2D eigenvalue weighted by Gasteiger charge is 2.23. The number of nitrogens with zero attached hydrogens (tertiary/aromatic N) is 4. The molecule has 4 aromatic rings. The third-order valence-electron chi connectivity index (χ3n) is 5.73. The van der Waals surface area contributed by atoms with Crippen LogP contribution in [0.4, 0.5) is 5.13 Å². The maximum Gasteiger partial charge on any atom is 0.243 e. The molecule has 0 bridgehead atoms. The molecule has 0 spiro atoms. The average Bonchev–Trinajstić information content (AvgIpc) is 3.34. The van der Waals surface area contributed by atoms with E-state index in [0.29, 0.717) is 30.2 Å². The van der Waals surface area contributed by atoms with Gasteiger partial charge in [0.15, 0.2) is 5.13 Å². The molecule has 0 saturated carbocycles. The summed E-state index contributed by atoms with van der Waals surface area (Å²) in [6, 6.07) is 11.0. The van der Waals surface area contributed by atoms with Crippen LogP contribution >= 0.6 is 11.3 Å². The topological polar surface area (TPSA) is 97.2 Å². The Bertz CT molecular complexity index is 1440. The van der Waals surface area contributed by atoms with Crippen LogP contribution in [0.1, 0.15) is 31.7 Å². The lowest BCUT2D eigenvalue weighted by atomic mass is 10.2. The third kappa shape index (κ3) is 4.50. The van der Waals surface area contributed by atoms with E-state index >= 15 is 0 Å². The number of sulfonamides is 1. The number of fused-ring (bicyclic) bond motifs is 2. The zero-order valence-electron chi connectivity index (χ0n) is 19.1. The molecule has 2 aromatic heterocycles. The van der Waals surface area contributed by atoms with Gasteiger partial charge in [0.2, 0.25) is 15.9 Å². The van der Waals surface area contributed by atoms with Crippen molar-refractivity contribution in [1.29, 1.82) is 0 Å². The van der Waals surface area contributed by atoms with Gasteiger partial charge in [-0.2, -0.15) is 4.31 Å². The molecule has 0 aliphatic rings. The molecule has 0 atom stereocenters. The van der Waals surface area contributed by atoms with Gasteiger partial charge in [-0.05, 0) is 36.8 Å². The first-order valence-electron chi connectivity index (χ1n) is 10.9. The van der Waals surface area contributed by atoms with Crippen molar-refractivity contribution in [3.63, 3.8) is 0 Å². The van der Waals surface area contributed by atoms with Crippen LogP contribution in [0.25, 0.3) is 21.3 Å². The predicted octanol–water partition coefficient (Wildman–Crippen LogP) is 4.09. The number of aromatic nitrogens is 3. The number of rotatable bonds is 8. The molecular weight excluding hydrogens is 458 g/mol. The zero-order chi connectivity index (χ0) is 23.8. The van der Waals surface area contributed by atoms with E-state index in [9.17, 15) is 13.2 Å². The number of anilines is 1. The first-order chi connectivity index (χ1) is 15.7. The highest BCUT2D eigenvalue weighted by molar-refractivity contribution is 7.89. The molecule has 10 heteroatoms. The Kier molecular flexibility index (Phi) is 6.51. The van der Waals surface area contributed by atoms with Gasteiger partial charge in [-0.3, -0.25) is 4.79 Å². The first kappa shape index (κ1) is 23.3. The minimum atomic E-state index is -3.56. The molecule has 0 aliphatic carbocycles. The zero-order valence-corrected chi connectivity index (χ0v) is 20.8. The van der Waals surface area contributed by atoms with Crippen LogP contribution < -0.4 is 5.32 Å². The molecule has 0 radical (unpaired) electrons. The molecule has 1 N–H and O–H groups in total. The van der Waals surface area contributed by atoms with Crippen molar-refractivity contribution in [2.24, 2.45) is 7.05 Å². The molecule has 0 saturated heterocycles. The summed E-state index contributed by atoms with van der Waals surface area (Å²) in [4.78, 5) is 21.9. The van der Waals surface area contributed by atoms with Gasteiger partial charge in [-0.1, -0.05) is 37.3 Å². The molecule has 1 amide bonds. The van der Waals surface area contributed by atoms with E-state index < -0.39 is 10.0 Å². The summed E-state index contributed by atoms with van der Waals surface area (Å²) in [5.74, 6) is 0.584. The Morgan fingerprint density at radius 2 is 1.91 bits per heavy atom. The summed E-state index contributed by atoms with van der Waals surface area (Å²) in [5.41, 5.74) is 3.41. The van der Waals surface area contributed by atoms with Crippen molar-refractivity contribution in [2.75, 3.05) is 18.4 Å². The minimum absolute atomic E-state index is 0.136. The summed E-state index contributed by atoms with van der Waals surface area (Å²) in [7, 11) is -1.68. The maximum absolute atomic E-state index is 12.8. The van der Waals surface area contributed by atoms with Crippen LogP contribution in [0.3, 0.4) is 0 Å². The van der Waals surface area contributed by atoms with Crippen LogP contribution in [0.15, 0.2) is 41.3 Å². The van der Waals surface area contributed by atoms with Crippen LogP contribution in [0.5, 0.6) is 0 Å². The van der Waals surface area contributed by atoms with Crippen molar-refractivity contribution in [1.82, 2.24) is 18.8 Å². The molecule has 2 heterocycles. The van der Waals surface area contributed by atoms with E-state index in [0.717, 1.165) is 27.1 Å². The number of aryl methyl sites for hydroxylation is 3. The minimum Gasteiger partial charge on any atom is -0.331 e. The van der Waals surface area contributed by atoms with Crippen LogP contribution in [-0.2, 0) is 28.3 Å². The molecule has 33 heavy (non-hydrogen) atoms. The molecule has 4 rings (SSSR count). The fraction of sp³-hybridized carbons (Fsp3) is 0.348. The van der Waals surface area contributed by atoms with E-state index in [1.165, 1.54) is 15.6 Å². The lowest BCUT2D eigenvalue weighted by Crippen LogP contribution is -2.30. The van der Waals surface area contributed by atoms with Gasteiger partial charge in [0.05, 0.1) is 26.1 Å². The quantitative estimate of drug-likeness (QED) is 0.405. The van der Waals surface area contributed by atoms with Crippen molar-refractivity contribution in [3.8, 4) is 0 Å². The van der Waals surface area contributed by atoms with Gasteiger partial charge in [0, 0.05) is 33.0 Å². The summed E-state index contributed by atoms with van der Waals surface area (Å²) in [6.45, 7) is 6.46. The Morgan fingerprint density at radius 1 is 1.15 bits per heavy atom. The van der Waals surface area contributed by atoms with Crippen molar-refractivity contribution >= 4 is 53.6 Å². The number of hydrogen-bond donors (Lipinski definition) is 1. The van der Waals surface area contributed by atoms with E-state index in [2.05, 4.69) is 15.3 Å². The SMILES string of the molecule is CCN(CC)S(=O)(=O)c1ccc2c(c1)nc(CCC(=O)Nc1nc3c(C)cccc3s1)n2C. The molecule has 0 unspecified atom stereocenters. The highest BCUT2D eigenvalue weighted by Crippen LogP contribution is 2.28. The smallest absolute Gasteiger partial charge is 0.243 e. The molecule has 2 aromatic carbocycles. The molecular formula is C23H27N5O3S2. The highest BCUT2D eigenvalue weighted by atomic mass is 32.2. The molecule has 0 fully saturated rings. The number of benzene rings is 2. The van der Waals surface area contributed by atoms with E-state index in [4.69, 9.17) is 0 Å². The van der Waals surface area contributed by atoms with Crippen molar-refractivity contribution in [3.05, 3.63) is 47.8 Å². The number of imidazole rings is 1. The predicted molar refractivity (Wildman–Crippen MR) is 132 cm³/mol. The third-order valence-corrected chi connectivity index (χ3v) is 8.71. The van der Waals surface area contributed by atoms with Gasteiger partial charge in [0.1, 0.15) is 5.82 Å². The first-order valence-corrected chi connectivity index (χ1v) is 13.1. The van der Waals surface area contributed by atoms with Gasteiger partial charge in [0.25, 0.3) is 0 Å². The van der Waals surface area contributed by atoms with E-state index in [-0.39, 0.29) is 17.2 Å². The van der Waals surface area contributed by atoms with Crippen molar-refractivity contribution in [2.45, 2.75) is 38.5 Å². The number of nitrogens with one attached hydrogen (secondary N) is 1. The van der Waals surface area contributed by atoms with Gasteiger partial charge in [-0.25, -0.2) is 18.4 Å². The lowest BCUT2D eigenvalue weighted by Gasteiger charge is -2.18. The Labute approximate surface area is 197 Å². The maximum atomic E-state index is 12.8. The monoisotopic (exact) mass is 485 g/mol. The number of hydrogen-bond acceptors (Lipinski definition) is 6. The number of carbonyl (C=O) groups excluding carboxylic acids is 1. The Balaban J connectivity index is 1.49. The molecule has 0 aliphatic heterocycles. The van der Waals surface area contributed by atoms with E-state index in [1.807, 2.05) is 50.6 Å². The summed E-state index contributed by atoms with van der Waals surface area (Å²) >= 11 is 1.45. The van der Waals surface area contributed by atoms with E-state index in [1.54, 1.807) is 18.2 Å². The second-order valence-corrected chi connectivity index (χ2v) is 10.8. The normalized spacial score (nSPS) is 12.2. The fourth-order valence-electron chi connectivity index (χ4n) is 3.87.